The number of aliphatic carboxylic acids is 1. The van der Waals surface area contributed by atoms with Crippen molar-refractivity contribution in [1.29, 1.82) is 0 Å². The smallest absolute Gasteiger partial charge is 0.326 e. The zero-order chi connectivity index (χ0) is 15.1. The molecule has 0 saturated carbocycles. The van der Waals surface area contributed by atoms with Gasteiger partial charge < -0.3 is 15.7 Å². The molecule has 0 aromatic heterocycles. The summed E-state index contributed by atoms with van der Waals surface area (Å²) in [5.41, 5.74) is 0.919. The van der Waals surface area contributed by atoms with Crippen molar-refractivity contribution in [2.24, 2.45) is 0 Å². The summed E-state index contributed by atoms with van der Waals surface area (Å²) in [6.45, 7) is 3.27. The number of carboxylic acids is 1. The maximum atomic E-state index is 11.7. The summed E-state index contributed by atoms with van der Waals surface area (Å²) >= 11 is 0. The lowest BCUT2D eigenvalue weighted by Gasteiger charge is -2.14. The lowest BCUT2D eigenvalue weighted by Crippen LogP contribution is -2.42. The van der Waals surface area contributed by atoms with Gasteiger partial charge in [0.05, 0.1) is 0 Å². The van der Waals surface area contributed by atoms with Crippen LogP contribution in [0.4, 0.5) is 10.5 Å². The fourth-order valence-electron chi connectivity index (χ4n) is 1.69. The van der Waals surface area contributed by atoms with E-state index in [9.17, 15) is 14.4 Å². The number of Topliss-reactive ketones (excluding diaryl/α,β-unsaturated/α-hetero) is 1. The molecule has 20 heavy (non-hydrogen) atoms. The summed E-state index contributed by atoms with van der Waals surface area (Å²) in [6.07, 6.45) is 1.01. The number of carbonyl (C=O) groups is 3. The zero-order valence-corrected chi connectivity index (χ0v) is 11.5. The summed E-state index contributed by atoms with van der Waals surface area (Å²) in [7, 11) is 0. The van der Waals surface area contributed by atoms with Gasteiger partial charge >= 0.3 is 12.0 Å². The second-order valence-corrected chi connectivity index (χ2v) is 4.41. The van der Waals surface area contributed by atoms with Crippen molar-refractivity contribution in [1.82, 2.24) is 5.32 Å². The summed E-state index contributed by atoms with van der Waals surface area (Å²) in [6, 6.07) is 4.93. The summed E-state index contributed by atoms with van der Waals surface area (Å²) in [4.78, 5) is 33.9. The Morgan fingerprint density at radius 2 is 2.00 bits per heavy atom. The molecule has 0 aliphatic heterocycles. The van der Waals surface area contributed by atoms with Crippen molar-refractivity contribution in [3.8, 4) is 0 Å². The predicted molar refractivity (Wildman–Crippen MR) is 74.9 cm³/mol. The fraction of sp³-hybridized carbons (Fsp3) is 0.357. The fourth-order valence-corrected chi connectivity index (χ4v) is 1.69. The van der Waals surface area contributed by atoms with Gasteiger partial charge in [-0.2, -0.15) is 0 Å². The number of carboxylic acid groups (broad SMARTS) is 1. The van der Waals surface area contributed by atoms with E-state index in [1.54, 1.807) is 18.2 Å². The molecule has 0 fully saturated rings. The summed E-state index contributed by atoms with van der Waals surface area (Å²) in [5, 5.41) is 13.8. The van der Waals surface area contributed by atoms with E-state index in [-0.39, 0.29) is 5.78 Å². The van der Waals surface area contributed by atoms with E-state index in [4.69, 9.17) is 5.11 Å². The number of urea groups is 1. The van der Waals surface area contributed by atoms with Gasteiger partial charge in [0.25, 0.3) is 0 Å². The first kappa shape index (κ1) is 15.7. The molecule has 2 amide bonds. The van der Waals surface area contributed by atoms with E-state index in [2.05, 4.69) is 10.6 Å². The largest absolute Gasteiger partial charge is 0.480 e. The Labute approximate surface area is 117 Å². The highest BCUT2D eigenvalue weighted by atomic mass is 16.4. The normalized spacial score (nSPS) is 11.5. The number of anilines is 1. The van der Waals surface area contributed by atoms with Crippen LogP contribution in [0.5, 0.6) is 0 Å². The average Bonchev–Trinajstić information content (AvgIpc) is 2.38. The monoisotopic (exact) mass is 278 g/mol. The van der Waals surface area contributed by atoms with Gasteiger partial charge in [-0.25, -0.2) is 9.59 Å². The van der Waals surface area contributed by atoms with Crippen LogP contribution in [0.25, 0.3) is 0 Å². The third kappa shape index (κ3) is 4.72. The molecule has 0 radical (unpaired) electrons. The van der Waals surface area contributed by atoms with Crippen LogP contribution in [-0.2, 0) is 4.79 Å². The van der Waals surface area contributed by atoms with Crippen molar-refractivity contribution >= 4 is 23.5 Å². The third-order valence-electron chi connectivity index (χ3n) is 2.71. The molecule has 0 aliphatic carbocycles. The second kappa shape index (κ2) is 7.28. The molecule has 0 bridgehead atoms. The Morgan fingerprint density at radius 1 is 1.30 bits per heavy atom. The maximum Gasteiger partial charge on any atom is 0.326 e. The first-order chi connectivity index (χ1) is 9.43. The number of rotatable bonds is 6. The molecule has 0 spiro atoms. The Morgan fingerprint density at radius 3 is 2.55 bits per heavy atom. The number of amides is 2. The van der Waals surface area contributed by atoms with Gasteiger partial charge in [0, 0.05) is 11.3 Å². The molecule has 6 nitrogen and oxygen atoms in total. The first-order valence-electron chi connectivity index (χ1n) is 6.35. The molecular formula is C14H18N2O4. The third-order valence-corrected chi connectivity index (χ3v) is 2.71. The van der Waals surface area contributed by atoms with Crippen LogP contribution in [0.3, 0.4) is 0 Å². The highest BCUT2D eigenvalue weighted by Gasteiger charge is 2.18. The van der Waals surface area contributed by atoms with Crippen LogP contribution < -0.4 is 10.6 Å². The van der Waals surface area contributed by atoms with Gasteiger partial charge in [-0.1, -0.05) is 25.5 Å². The van der Waals surface area contributed by atoms with Crippen molar-refractivity contribution < 1.29 is 19.5 Å². The van der Waals surface area contributed by atoms with Gasteiger partial charge in [-0.3, -0.25) is 4.79 Å². The van der Waals surface area contributed by atoms with Crippen molar-refractivity contribution in [2.45, 2.75) is 32.7 Å². The van der Waals surface area contributed by atoms with Crippen LogP contribution in [0.2, 0.25) is 0 Å². The standard InChI is InChI=1S/C14H18N2O4/c1-3-5-12(13(18)19)16-14(20)15-11-7-4-6-10(8-11)9(2)17/h4,6-8,12H,3,5H2,1-2H3,(H,18,19)(H2,15,16,20)/t12-/m1/s1. The summed E-state index contributed by atoms with van der Waals surface area (Å²) < 4.78 is 0. The number of benzene rings is 1. The van der Waals surface area contributed by atoms with E-state index in [1.807, 2.05) is 6.92 Å². The molecule has 1 atom stereocenters. The van der Waals surface area contributed by atoms with E-state index in [0.29, 0.717) is 24.1 Å². The number of ketones is 1. The van der Waals surface area contributed by atoms with Gasteiger partial charge in [-0.15, -0.1) is 0 Å². The number of carbonyl (C=O) groups excluding carboxylic acids is 2. The number of nitrogens with one attached hydrogen (secondary N) is 2. The summed E-state index contributed by atoms with van der Waals surface area (Å²) in [5.74, 6) is -1.18. The zero-order valence-electron chi connectivity index (χ0n) is 11.5. The molecule has 6 heteroatoms. The van der Waals surface area contributed by atoms with Gasteiger partial charge in [0.2, 0.25) is 0 Å². The van der Waals surface area contributed by atoms with Gasteiger partial charge in [0.1, 0.15) is 6.04 Å². The molecule has 3 N–H and O–H groups in total. The highest BCUT2D eigenvalue weighted by Crippen LogP contribution is 2.11. The van der Waals surface area contributed by atoms with Crippen LogP contribution in [-0.4, -0.2) is 28.9 Å². The predicted octanol–water partition coefficient (Wildman–Crippen LogP) is 2.26. The molecule has 0 heterocycles. The van der Waals surface area contributed by atoms with E-state index in [0.717, 1.165) is 0 Å². The van der Waals surface area contributed by atoms with Gasteiger partial charge in [-0.05, 0) is 25.5 Å². The van der Waals surface area contributed by atoms with Crippen molar-refractivity contribution in [2.75, 3.05) is 5.32 Å². The quantitative estimate of drug-likeness (QED) is 0.695. The van der Waals surface area contributed by atoms with Crippen molar-refractivity contribution in [3.63, 3.8) is 0 Å². The van der Waals surface area contributed by atoms with Crippen molar-refractivity contribution in [3.05, 3.63) is 29.8 Å². The molecule has 0 saturated heterocycles. The molecule has 108 valence electrons. The Balaban J connectivity index is 2.68. The molecule has 1 rings (SSSR count). The van der Waals surface area contributed by atoms with E-state index < -0.39 is 18.0 Å². The second-order valence-electron chi connectivity index (χ2n) is 4.41. The lowest BCUT2D eigenvalue weighted by atomic mass is 10.1. The van der Waals surface area contributed by atoms with E-state index >= 15 is 0 Å². The number of hydrogen-bond acceptors (Lipinski definition) is 3. The SMILES string of the molecule is CCC[C@@H](NC(=O)Nc1cccc(C(C)=O)c1)C(=O)O. The molecule has 0 aliphatic rings. The van der Waals surface area contributed by atoms with Gasteiger partial charge in [0.15, 0.2) is 5.78 Å². The minimum absolute atomic E-state index is 0.108. The Kier molecular flexibility index (Phi) is 5.71. The number of hydrogen-bond donors (Lipinski definition) is 3. The minimum Gasteiger partial charge on any atom is -0.480 e. The molecule has 1 aromatic carbocycles. The van der Waals surface area contributed by atoms with Crippen LogP contribution >= 0.6 is 0 Å². The Bertz CT molecular complexity index is 514. The first-order valence-corrected chi connectivity index (χ1v) is 6.35. The minimum atomic E-state index is -1.07. The topological polar surface area (TPSA) is 95.5 Å². The molecular weight excluding hydrogens is 260 g/mol. The molecule has 1 aromatic rings. The maximum absolute atomic E-state index is 11.7. The van der Waals surface area contributed by atoms with Crippen LogP contribution in [0.1, 0.15) is 37.0 Å². The average molecular weight is 278 g/mol. The van der Waals surface area contributed by atoms with Crippen LogP contribution in [0, 0.1) is 0 Å². The van der Waals surface area contributed by atoms with E-state index in [1.165, 1.54) is 13.0 Å². The Hall–Kier alpha value is -2.37. The van der Waals surface area contributed by atoms with Crippen LogP contribution in [0.15, 0.2) is 24.3 Å². The lowest BCUT2D eigenvalue weighted by molar-refractivity contribution is -0.139. The highest BCUT2D eigenvalue weighted by molar-refractivity contribution is 5.97. The molecule has 0 unspecified atom stereocenters.